The van der Waals surface area contributed by atoms with Crippen LogP contribution in [0.4, 0.5) is 0 Å². The molecule has 2 aliphatic rings. The quantitative estimate of drug-likeness (QED) is 0.160. The summed E-state index contributed by atoms with van der Waals surface area (Å²) >= 11 is 0. The predicted octanol–water partition coefficient (Wildman–Crippen LogP) is 6.99. The standard InChI is InChI=1S/C38H34O7/c1-25-17-18-32-29(19-25)34-30(37(39)43-32)20-31-35(41-22-27-13-7-3-8-14-27)36(42-23-28-15-9-4-10-16-28)33(44-38(31)45-34)24-40-21-26-11-5-2-6-12-26/h2-20,33,35-36,38H,21-24H2,1H3/t33-,35-,36-,38+/m1/s1. The molecule has 0 spiro atoms. The molecular formula is C38H34O7. The summed E-state index contributed by atoms with van der Waals surface area (Å²) in [6, 6.07) is 35.6. The van der Waals surface area contributed by atoms with Crippen LogP contribution in [0, 0.1) is 6.92 Å². The first-order chi connectivity index (χ1) is 22.1. The minimum absolute atomic E-state index is 0.246. The van der Waals surface area contributed by atoms with Crippen molar-refractivity contribution in [2.75, 3.05) is 6.61 Å². The molecule has 0 bridgehead atoms. The van der Waals surface area contributed by atoms with E-state index in [1.807, 2.05) is 110 Å². The van der Waals surface area contributed by atoms with Crippen molar-refractivity contribution in [2.45, 2.75) is 51.3 Å². The third-order valence-corrected chi connectivity index (χ3v) is 8.10. The number of fused-ring (bicyclic) bond motifs is 4. The molecule has 228 valence electrons. The molecule has 7 heteroatoms. The predicted molar refractivity (Wildman–Crippen MR) is 171 cm³/mol. The van der Waals surface area contributed by atoms with E-state index in [0.29, 0.717) is 47.7 Å². The van der Waals surface area contributed by atoms with Gasteiger partial charge in [0.1, 0.15) is 35.2 Å². The Bertz CT molecular complexity index is 1830. The van der Waals surface area contributed by atoms with Crippen LogP contribution in [0.5, 0.6) is 5.75 Å². The second-order valence-electron chi connectivity index (χ2n) is 11.4. The zero-order valence-corrected chi connectivity index (χ0v) is 25.0. The fourth-order valence-corrected chi connectivity index (χ4v) is 5.82. The molecule has 0 saturated carbocycles. The maximum absolute atomic E-state index is 13.2. The highest BCUT2D eigenvalue weighted by Crippen LogP contribution is 2.41. The van der Waals surface area contributed by atoms with Crippen LogP contribution in [0.3, 0.4) is 0 Å². The average molecular weight is 603 g/mol. The molecule has 4 aromatic carbocycles. The lowest BCUT2D eigenvalue weighted by Gasteiger charge is -2.44. The summed E-state index contributed by atoms with van der Waals surface area (Å²) in [4.78, 5) is 13.2. The molecule has 0 radical (unpaired) electrons. The van der Waals surface area contributed by atoms with Gasteiger partial charge in [-0.05, 0) is 41.8 Å². The molecule has 0 aliphatic carbocycles. The second kappa shape index (κ2) is 13.2. The number of hydrogen-bond acceptors (Lipinski definition) is 7. The van der Waals surface area contributed by atoms with Crippen LogP contribution in [0.15, 0.2) is 124 Å². The van der Waals surface area contributed by atoms with Crippen molar-refractivity contribution in [3.05, 3.63) is 153 Å². The fraction of sp³-hybridized carbons (Fsp3) is 0.237. The molecule has 5 aromatic rings. The summed E-state index contributed by atoms with van der Waals surface area (Å²) in [7, 11) is 0. The Balaban J connectivity index is 1.26. The normalized spacial score (nSPS) is 20.6. The average Bonchev–Trinajstić information content (AvgIpc) is 3.08. The third kappa shape index (κ3) is 6.48. The van der Waals surface area contributed by atoms with Crippen LogP contribution in [0.2, 0.25) is 0 Å². The molecule has 0 amide bonds. The van der Waals surface area contributed by atoms with Crippen LogP contribution >= 0.6 is 0 Å². The second-order valence-corrected chi connectivity index (χ2v) is 11.4. The van der Waals surface area contributed by atoms with Gasteiger partial charge in [0, 0.05) is 5.57 Å². The minimum atomic E-state index is -0.814. The van der Waals surface area contributed by atoms with E-state index in [9.17, 15) is 4.79 Å². The van der Waals surface area contributed by atoms with Gasteiger partial charge >= 0.3 is 5.63 Å². The first-order valence-electron chi connectivity index (χ1n) is 15.2. The molecule has 2 aliphatic heterocycles. The highest BCUT2D eigenvalue weighted by Gasteiger charge is 2.47. The van der Waals surface area contributed by atoms with Crippen LogP contribution in [-0.4, -0.2) is 31.2 Å². The topological polar surface area (TPSA) is 76.4 Å². The number of hydrogen-bond donors (Lipinski definition) is 0. The molecule has 45 heavy (non-hydrogen) atoms. The van der Waals surface area contributed by atoms with E-state index in [-0.39, 0.29) is 6.61 Å². The van der Waals surface area contributed by atoms with Crippen molar-refractivity contribution >= 4 is 17.0 Å². The van der Waals surface area contributed by atoms with Gasteiger partial charge in [-0.1, -0.05) is 103 Å². The van der Waals surface area contributed by atoms with Crippen molar-refractivity contribution in [3.8, 4) is 5.75 Å². The molecular weight excluding hydrogens is 568 g/mol. The van der Waals surface area contributed by atoms with E-state index in [0.717, 1.165) is 22.3 Å². The third-order valence-electron chi connectivity index (χ3n) is 8.10. The van der Waals surface area contributed by atoms with Gasteiger partial charge in [-0.15, -0.1) is 0 Å². The van der Waals surface area contributed by atoms with Crippen molar-refractivity contribution in [1.82, 2.24) is 0 Å². The molecule has 7 rings (SSSR count). The first kappa shape index (κ1) is 29.2. The van der Waals surface area contributed by atoms with Crippen molar-refractivity contribution in [2.24, 2.45) is 0 Å². The highest BCUT2D eigenvalue weighted by molar-refractivity contribution is 5.88. The molecule has 1 fully saturated rings. The van der Waals surface area contributed by atoms with Gasteiger partial charge < -0.3 is 28.1 Å². The Kier molecular flexibility index (Phi) is 8.58. The van der Waals surface area contributed by atoms with Gasteiger partial charge in [-0.2, -0.15) is 0 Å². The van der Waals surface area contributed by atoms with Crippen LogP contribution in [0.25, 0.3) is 17.0 Å². The maximum Gasteiger partial charge on any atom is 0.347 e. The Morgan fingerprint density at radius 3 is 2.02 bits per heavy atom. The lowest BCUT2D eigenvalue weighted by atomic mass is 9.92. The summed E-state index contributed by atoms with van der Waals surface area (Å²) in [6.45, 7) is 3.33. The SMILES string of the molecule is Cc1ccc2oc(=O)c3c(c2c1)O[C@@H]1O[C@H](COCc2ccccc2)[C@@H](OCc2ccccc2)[C@H](OCc2ccccc2)C1=C3. The van der Waals surface area contributed by atoms with Gasteiger partial charge in [0.2, 0.25) is 6.29 Å². The van der Waals surface area contributed by atoms with Gasteiger partial charge in [0.15, 0.2) is 0 Å². The molecule has 3 heterocycles. The van der Waals surface area contributed by atoms with E-state index in [1.165, 1.54) is 0 Å². The Labute approximate surface area is 261 Å². The lowest BCUT2D eigenvalue weighted by molar-refractivity contribution is -0.229. The molecule has 4 atom stereocenters. The van der Waals surface area contributed by atoms with Crippen LogP contribution < -0.4 is 10.4 Å². The van der Waals surface area contributed by atoms with E-state index in [2.05, 4.69) is 0 Å². The van der Waals surface area contributed by atoms with Gasteiger partial charge in [0.25, 0.3) is 0 Å². The van der Waals surface area contributed by atoms with Crippen molar-refractivity contribution in [3.63, 3.8) is 0 Å². The van der Waals surface area contributed by atoms with Gasteiger partial charge in [-0.3, -0.25) is 0 Å². The van der Waals surface area contributed by atoms with Crippen molar-refractivity contribution < 1.29 is 28.1 Å². The van der Waals surface area contributed by atoms with Crippen molar-refractivity contribution in [1.29, 1.82) is 0 Å². The largest absolute Gasteiger partial charge is 0.459 e. The van der Waals surface area contributed by atoms with Gasteiger partial charge in [0.05, 0.1) is 31.8 Å². The zero-order valence-electron chi connectivity index (χ0n) is 25.0. The summed E-state index contributed by atoms with van der Waals surface area (Å²) in [5.41, 5.74) is 5.08. The monoisotopic (exact) mass is 602 g/mol. The Morgan fingerprint density at radius 1 is 0.733 bits per heavy atom. The van der Waals surface area contributed by atoms with E-state index < -0.39 is 30.2 Å². The lowest BCUT2D eigenvalue weighted by Crippen LogP contribution is -2.56. The van der Waals surface area contributed by atoms with Gasteiger partial charge in [-0.25, -0.2) is 4.79 Å². The highest BCUT2D eigenvalue weighted by atomic mass is 16.7. The number of ether oxygens (including phenoxy) is 5. The summed E-state index contributed by atoms with van der Waals surface area (Å²) < 4.78 is 38.3. The maximum atomic E-state index is 13.2. The molecule has 0 unspecified atom stereocenters. The number of benzene rings is 4. The van der Waals surface area contributed by atoms with E-state index in [1.54, 1.807) is 12.1 Å². The molecule has 1 saturated heterocycles. The van der Waals surface area contributed by atoms with Crippen LogP contribution in [-0.2, 0) is 38.8 Å². The summed E-state index contributed by atoms with van der Waals surface area (Å²) in [6.07, 6.45) is -0.710. The summed E-state index contributed by atoms with van der Waals surface area (Å²) in [5.74, 6) is 0.438. The Hall–Kier alpha value is -4.53. The van der Waals surface area contributed by atoms with Crippen LogP contribution in [0.1, 0.15) is 27.8 Å². The summed E-state index contributed by atoms with van der Waals surface area (Å²) in [5, 5.41) is 0.713. The number of aryl methyl sites for hydroxylation is 1. The molecule has 1 aromatic heterocycles. The zero-order chi connectivity index (χ0) is 30.6. The van der Waals surface area contributed by atoms with E-state index >= 15 is 0 Å². The number of rotatable bonds is 10. The smallest absolute Gasteiger partial charge is 0.347 e. The molecule has 0 N–H and O–H groups in total. The first-order valence-corrected chi connectivity index (χ1v) is 15.2. The fourth-order valence-electron chi connectivity index (χ4n) is 5.82. The molecule has 7 nitrogen and oxygen atoms in total. The van der Waals surface area contributed by atoms with E-state index in [4.69, 9.17) is 28.1 Å². The minimum Gasteiger partial charge on any atom is -0.459 e. The Morgan fingerprint density at radius 2 is 1.36 bits per heavy atom.